The second kappa shape index (κ2) is 9.06. The first-order valence-corrected chi connectivity index (χ1v) is 9.28. The standard InChI is InChI=1S/C19H29N3O3/c1-24-12-13-25-18-8-4-6-16(14-18)20-19(23)22-11-5-7-17(22)15-21-9-2-3-10-21/h4,6,8,14,17H,2-3,5,7,9-13,15H2,1H3,(H,20,23)/t17-/m0/s1. The Bertz CT molecular complexity index is 561. The van der Waals surface area contributed by atoms with Crippen LogP contribution in [0.15, 0.2) is 24.3 Å². The zero-order chi connectivity index (χ0) is 17.5. The molecule has 2 fully saturated rings. The number of hydrogen-bond donors (Lipinski definition) is 1. The number of hydrogen-bond acceptors (Lipinski definition) is 4. The van der Waals surface area contributed by atoms with Gasteiger partial charge in [0.2, 0.25) is 0 Å². The zero-order valence-electron chi connectivity index (χ0n) is 15.1. The minimum absolute atomic E-state index is 0.00395. The summed E-state index contributed by atoms with van der Waals surface area (Å²) in [6.45, 7) is 5.24. The SMILES string of the molecule is COCCOc1cccc(NC(=O)N2CCC[C@H]2CN2CCCC2)c1. The number of anilines is 1. The highest BCUT2D eigenvalue weighted by Crippen LogP contribution is 2.23. The molecule has 1 aromatic carbocycles. The number of benzene rings is 1. The highest BCUT2D eigenvalue weighted by atomic mass is 16.5. The molecule has 138 valence electrons. The molecule has 2 heterocycles. The Morgan fingerprint density at radius 3 is 2.84 bits per heavy atom. The van der Waals surface area contributed by atoms with Gasteiger partial charge >= 0.3 is 6.03 Å². The molecular weight excluding hydrogens is 318 g/mol. The molecule has 6 nitrogen and oxygen atoms in total. The number of carbonyl (C=O) groups excluding carboxylic acids is 1. The van der Waals surface area contributed by atoms with Crippen LogP contribution in [0.1, 0.15) is 25.7 Å². The Kier molecular flexibility index (Phi) is 6.53. The number of amides is 2. The van der Waals surface area contributed by atoms with Gasteiger partial charge in [-0.3, -0.25) is 0 Å². The smallest absolute Gasteiger partial charge is 0.322 e. The van der Waals surface area contributed by atoms with Gasteiger partial charge in [0.05, 0.1) is 6.61 Å². The second-order valence-electron chi connectivity index (χ2n) is 6.80. The normalized spacial score (nSPS) is 20.8. The zero-order valence-corrected chi connectivity index (χ0v) is 15.1. The quantitative estimate of drug-likeness (QED) is 0.771. The molecule has 1 N–H and O–H groups in total. The highest BCUT2D eigenvalue weighted by Gasteiger charge is 2.30. The van der Waals surface area contributed by atoms with Crippen LogP contribution in [0.2, 0.25) is 0 Å². The topological polar surface area (TPSA) is 54.0 Å². The number of methoxy groups -OCH3 is 1. The molecular formula is C19H29N3O3. The van der Waals surface area contributed by atoms with Crippen LogP contribution in [0.25, 0.3) is 0 Å². The number of likely N-dealkylation sites (tertiary alicyclic amines) is 2. The second-order valence-corrected chi connectivity index (χ2v) is 6.80. The molecule has 0 unspecified atom stereocenters. The van der Waals surface area contributed by atoms with Gasteiger partial charge in [-0.1, -0.05) is 6.07 Å². The molecule has 1 aromatic rings. The molecule has 2 amide bonds. The number of rotatable bonds is 7. The molecule has 1 atom stereocenters. The molecule has 2 saturated heterocycles. The van der Waals surface area contributed by atoms with E-state index in [-0.39, 0.29) is 6.03 Å². The Morgan fingerprint density at radius 1 is 1.20 bits per heavy atom. The molecule has 2 aliphatic rings. The molecule has 25 heavy (non-hydrogen) atoms. The van der Waals surface area contributed by atoms with Crippen molar-refractivity contribution in [2.24, 2.45) is 0 Å². The fourth-order valence-electron chi connectivity index (χ4n) is 3.66. The first-order chi connectivity index (χ1) is 12.3. The van der Waals surface area contributed by atoms with Crippen molar-refractivity contribution in [2.75, 3.05) is 51.8 Å². The summed E-state index contributed by atoms with van der Waals surface area (Å²) in [6, 6.07) is 7.86. The third-order valence-corrected chi connectivity index (χ3v) is 4.95. The lowest BCUT2D eigenvalue weighted by atomic mass is 10.2. The van der Waals surface area contributed by atoms with E-state index in [1.54, 1.807) is 7.11 Å². The third kappa shape index (κ3) is 5.09. The number of carbonyl (C=O) groups is 1. The molecule has 0 aromatic heterocycles. The van der Waals surface area contributed by atoms with Crippen molar-refractivity contribution >= 4 is 11.7 Å². The van der Waals surface area contributed by atoms with Gasteiger partial charge in [-0.25, -0.2) is 4.79 Å². The maximum atomic E-state index is 12.7. The highest BCUT2D eigenvalue weighted by molar-refractivity contribution is 5.90. The van der Waals surface area contributed by atoms with Crippen LogP contribution in [-0.2, 0) is 4.74 Å². The van der Waals surface area contributed by atoms with Crippen molar-refractivity contribution in [3.05, 3.63) is 24.3 Å². The van der Waals surface area contributed by atoms with E-state index in [1.165, 1.54) is 25.9 Å². The van der Waals surface area contributed by atoms with E-state index in [0.717, 1.165) is 37.4 Å². The summed E-state index contributed by atoms with van der Waals surface area (Å²) in [7, 11) is 1.65. The van der Waals surface area contributed by atoms with Crippen LogP contribution < -0.4 is 10.1 Å². The first kappa shape index (κ1) is 18.0. The lowest BCUT2D eigenvalue weighted by molar-refractivity contribution is 0.146. The Balaban J connectivity index is 1.54. The van der Waals surface area contributed by atoms with Gasteiger partial charge < -0.3 is 24.6 Å². The van der Waals surface area contributed by atoms with Gasteiger partial charge in [-0.05, 0) is 50.9 Å². The van der Waals surface area contributed by atoms with Crippen LogP contribution in [0.4, 0.5) is 10.5 Å². The molecule has 3 rings (SSSR count). The molecule has 0 spiro atoms. The Morgan fingerprint density at radius 2 is 2.04 bits per heavy atom. The van der Waals surface area contributed by atoms with Crippen molar-refractivity contribution in [1.82, 2.24) is 9.80 Å². The van der Waals surface area contributed by atoms with Gasteiger partial charge in [0.15, 0.2) is 0 Å². The maximum Gasteiger partial charge on any atom is 0.322 e. The van der Waals surface area contributed by atoms with Crippen LogP contribution in [0.5, 0.6) is 5.75 Å². The Labute approximate surface area is 150 Å². The van der Waals surface area contributed by atoms with E-state index < -0.39 is 0 Å². The van der Waals surface area contributed by atoms with Crippen molar-refractivity contribution in [3.63, 3.8) is 0 Å². The molecule has 2 aliphatic heterocycles. The van der Waals surface area contributed by atoms with Gasteiger partial charge in [0.1, 0.15) is 12.4 Å². The number of urea groups is 1. The summed E-state index contributed by atoms with van der Waals surface area (Å²) in [5.41, 5.74) is 0.770. The van der Waals surface area contributed by atoms with Crippen LogP contribution in [0.3, 0.4) is 0 Å². The van der Waals surface area contributed by atoms with Gasteiger partial charge in [-0.15, -0.1) is 0 Å². The summed E-state index contributed by atoms with van der Waals surface area (Å²) in [4.78, 5) is 17.2. The number of nitrogens with zero attached hydrogens (tertiary/aromatic N) is 2. The fraction of sp³-hybridized carbons (Fsp3) is 0.632. The average molecular weight is 347 g/mol. The van der Waals surface area contributed by atoms with E-state index in [9.17, 15) is 4.79 Å². The molecule has 0 aliphatic carbocycles. The predicted molar refractivity (Wildman–Crippen MR) is 98.2 cm³/mol. The lowest BCUT2D eigenvalue weighted by Crippen LogP contribution is -2.44. The first-order valence-electron chi connectivity index (χ1n) is 9.28. The van der Waals surface area contributed by atoms with Gasteiger partial charge in [0, 0.05) is 38.0 Å². The van der Waals surface area contributed by atoms with E-state index in [1.807, 2.05) is 29.2 Å². The number of ether oxygens (including phenoxy) is 2. The van der Waals surface area contributed by atoms with E-state index in [2.05, 4.69) is 10.2 Å². The third-order valence-electron chi connectivity index (χ3n) is 4.95. The van der Waals surface area contributed by atoms with Crippen molar-refractivity contribution in [2.45, 2.75) is 31.7 Å². The molecule has 6 heteroatoms. The molecule has 0 bridgehead atoms. The number of nitrogens with one attached hydrogen (secondary N) is 1. The van der Waals surface area contributed by atoms with Crippen LogP contribution in [-0.4, -0.2) is 68.4 Å². The summed E-state index contributed by atoms with van der Waals surface area (Å²) < 4.78 is 10.6. The van der Waals surface area contributed by atoms with Crippen molar-refractivity contribution in [1.29, 1.82) is 0 Å². The summed E-state index contributed by atoms with van der Waals surface area (Å²) >= 11 is 0. The maximum absolute atomic E-state index is 12.7. The largest absolute Gasteiger partial charge is 0.491 e. The lowest BCUT2D eigenvalue weighted by Gasteiger charge is -2.28. The minimum atomic E-state index is -0.00395. The van der Waals surface area contributed by atoms with E-state index >= 15 is 0 Å². The molecule has 0 radical (unpaired) electrons. The fourth-order valence-corrected chi connectivity index (χ4v) is 3.66. The predicted octanol–water partition coefficient (Wildman–Crippen LogP) is 2.80. The summed E-state index contributed by atoms with van der Waals surface area (Å²) in [5.74, 6) is 0.741. The minimum Gasteiger partial charge on any atom is -0.491 e. The van der Waals surface area contributed by atoms with Crippen LogP contribution in [0, 0.1) is 0 Å². The van der Waals surface area contributed by atoms with E-state index in [4.69, 9.17) is 9.47 Å². The molecule has 0 saturated carbocycles. The Hall–Kier alpha value is -1.79. The summed E-state index contributed by atoms with van der Waals surface area (Å²) in [5, 5.41) is 3.03. The van der Waals surface area contributed by atoms with E-state index in [0.29, 0.717) is 19.3 Å². The van der Waals surface area contributed by atoms with Gasteiger partial charge in [-0.2, -0.15) is 0 Å². The summed E-state index contributed by atoms with van der Waals surface area (Å²) in [6.07, 6.45) is 4.76. The average Bonchev–Trinajstić information content (AvgIpc) is 3.28. The monoisotopic (exact) mass is 347 g/mol. The van der Waals surface area contributed by atoms with Crippen molar-refractivity contribution in [3.8, 4) is 5.75 Å². The van der Waals surface area contributed by atoms with Crippen molar-refractivity contribution < 1.29 is 14.3 Å². The van der Waals surface area contributed by atoms with Gasteiger partial charge in [0.25, 0.3) is 0 Å². The van der Waals surface area contributed by atoms with Crippen LogP contribution >= 0.6 is 0 Å².